The summed E-state index contributed by atoms with van der Waals surface area (Å²) in [5, 5.41) is 0. The summed E-state index contributed by atoms with van der Waals surface area (Å²) in [7, 11) is 0. The Morgan fingerprint density at radius 1 is 1.35 bits per heavy atom. The lowest BCUT2D eigenvalue weighted by Crippen LogP contribution is -2.19. The summed E-state index contributed by atoms with van der Waals surface area (Å²) in [6.07, 6.45) is 4.46. The van der Waals surface area contributed by atoms with Gasteiger partial charge in [0.2, 0.25) is 0 Å². The van der Waals surface area contributed by atoms with Crippen molar-refractivity contribution in [3.05, 3.63) is 30.1 Å². The van der Waals surface area contributed by atoms with Crippen molar-refractivity contribution in [2.45, 2.75) is 52.5 Å². The molecule has 1 aliphatic rings. The lowest BCUT2D eigenvalue weighted by Gasteiger charge is -2.22. The Labute approximate surface area is 120 Å². The molecule has 2 aromatic rings. The summed E-state index contributed by atoms with van der Waals surface area (Å²) >= 11 is 0. The highest BCUT2D eigenvalue weighted by Crippen LogP contribution is 2.38. The number of rotatable bonds is 4. The maximum Gasteiger partial charge on any atom is 0.133 e. The molecule has 1 fully saturated rings. The van der Waals surface area contributed by atoms with Gasteiger partial charge in [-0.15, -0.1) is 0 Å². The number of hydrogen-bond donors (Lipinski definition) is 0. The number of benzene rings is 1. The Kier molecular flexibility index (Phi) is 3.36. The predicted octanol–water partition coefficient (Wildman–Crippen LogP) is 3.75. The van der Waals surface area contributed by atoms with Gasteiger partial charge in [-0.1, -0.05) is 26.0 Å². The highest BCUT2D eigenvalue weighted by molar-refractivity contribution is 5.81. The number of aryl methyl sites for hydroxylation is 1. The first-order valence-electron chi connectivity index (χ1n) is 7.57. The molecule has 0 N–H and O–H groups in total. The summed E-state index contributed by atoms with van der Waals surface area (Å²) in [6, 6.07) is 8.33. The second-order valence-corrected chi connectivity index (χ2v) is 6.37. The quantitative estimate of drug-likeness (QED) is 0.848. The smallest absolute Gasteiger partial charge is 0.133 e. The van der Waals surface area contributed by atoms with E-state index in [4.69, 9.17) is 4.98 Å². The van der Waals surface area contributed by atoms with Crippen molar-refractivity contribution in [2.75, 3.05) is 0 Å². The topological polar surface area (TPSA) is 34.9 Å². The van der Waals surface area contributed by atoms with Gasteiger partial charge in [0.15, 0.2) is 0 Å². The van der Waals surface area contributed by atoms with Crippen LogP contribution in [0.3, 0.4) is 0 Å². The Morgan fingerprint density at radius 3 is 2.85 bits per heavy atom. The number of fused-ring (bicyclic) bond motifs is 1. The Bertz CT molecular complexity index is 643. The van der Waals surface area contributed by atoms with E-state index in [1.165, 1.54) is 5.52 Å². The number of para-hydroxylation sites is 2. The predicted molar refractivity (Wildman–Crippen MR) is 80.7 cm³/mol. The highest BCUT2D eigenvalue weighted by Gasteiger charge is 2.35. The molecule has 1 aromatic carbocycles. The fourth-order valence-electron chi connectivity index (χ4n) is 3.36. The molecule has 0 amide bonds. The molecule has 106 valence electrons. The number of carbonyl (C=O) groups is 1. The Balaban J connectivity index is 1.98. The fraction of sp³-hybridized carbons (Fsp3) is 0.529. The first-order chi connectivity index (χ1) is 9.61. The zero-order valence-electron chi connectivity index (χ0n) is 12.4. The zero-order valence-corrected chi connectivity index (χ0v) is 12.4. The molecule has 3 heteroatoms. The Morgan fingerprint density at radius 2 is 2.15 bits per heavy atom. The van der Waals surface area contributed by atoms with Crippen LogP contribution in [-0.2, 0) is 17.8 Å². The van der Waals surface area contributed by atoms with Crippen molar-refractivity contribution < 1.29 is 4.79 Å². The summed E-state index contributed by atoms with van der Waals surface area (Å²) in [6.45, 7) is 5.42. The molecule has 1 unspecified atom stereocenters. The van der Waals surface area contributed by atoms with Crippen LogP contribution in [0.1, 0.15) is 45.4 Å². The monoisotopic (exact) mass is 270 g/mol. The van der Waals surface area contributed by atoms with E-state index in [1.807, 2.05) is 6.07 Å². The van der Waals surface area contributed by atoms with E-state index in [2.05, 4.69) is 36.6 Å². The molecule has 3 rings (SSSR count). The number of nitrogens with zero attached hydrogens (tertiary/aromatic N) is 2. The number of aromatic nitrogens is 2. The van der Waals surface area contributed by atoms with Gasteiger partial charge in [-0.25, -0.2) is 4.98 Å². The van der Waals surface area contributed by atoms with Crippen LogP contribution in [0, 0.1) is 5.41 Å². The lowest BCUT2D eigenvalue weighted by atomic mass is 9.85. The lowest BCUT2D eigenvalue weighted by molar-refractivity contribution is -0.117. The average molecular weight is 270 g/mol. The van der Waals surface area contributed by atoms with Crippen molar-refractivity contribution in [1.29, 1.82) is 0 Å². The minimum atomic E-state index is 0.101. The third-order valence-corrected chi connectivity index (χ3v) is 4.40. The molecule has 20 heavy (non-hydrogen) atoms. The summed E-state index contributed by atoms with van der Waals surface area (Å²) in [5.74, 6) is 1.55. The normalized spacial score (nSPS) is 22.8. The van der Waals surface area contributed by atoms with Crippen LogP contribution >= 0.6 is 0 Å². The van der Waals surface area contributed by atoms with Crippen LogP contribution in [0.25, 0.3) is 11.0 Å². The standard InChI is InChI=1S/C17H22N2O/c1-3-10-19-15-7-5-4-6-14(15)18-16(19)12-17(2)9-8-13(20)11-17/h4-7H,3,8-12H2,1-2H3. The molecule has 0 bridgehead atoms. The minimum Gasteiger partial charge on any atom is -0.328 e. The van der Waals surface area contributed by atoms with E-state index in [0.29, 0.717) is 12.2 Å². The van der Waals surface area contributed by atoms with Crippen LogP contribution in [0.15, 0.2) is 24.3 Å². The Hall–Kier alpha value is -1.64. The zero-order chi connectivity index (χ0) is 14.2. The van der Waals surface area contributed by atoms with Crippen LogP contribution in [0.2, 0.25) is 0 Å². The molecule has 3 nitrogen and oxygen atoms in total. The molecule has 1 aliphatic carbocycles. The van der Waals surface area contributed by atoms with Crippen molar-refractivity contribution >= 4 is 16.8 Å². The third-order valence-electron chi connectivity index (χ3n) is 4.40. The van der Waals surface area contributed by atoms with Gasteiger partial charge < -0.3 is 4.57 Å². The molecule has 1 aromatic heterocycles. The van der Waals surface area contributed by atoms with Gasteiger partial charge in [-0.05, 0) is 30.4 Å². The third kappa shape index (κ3) is 2.37. The van der Waals surface area contributed by atoms with E-state index in [1.54, 1.807) is 0 Å². The van der Waals surface area contributed by atoms with Gasteiger partial charge in [0.1, 0.15) is 11.6 Å². The average Bonchev–Trinajstić information content (AvgIpc) is 2.92. The largest absolute Gasteiger partial charge is 0.328 e. The summed E-state index contributed by atoms with van der Waals surface area (Å²) in [5.41, 5.74) is 2.39. The van der Waals surface area contributed by atoms with Crippen LogP contribution in [0.5, 0.6) is 0 Å². The van der Waals surface area contributed by atoms with Crippen molar-refractivity contribution in [3.8, 4) is 0 Å². The van der Waals surface area contributed by atoms with Crippen molar-refractivity contribution in [1.82, 2.24) is 9.55 Å². The molecule has 0 spiro atoms. The number of ketones is 1. The number of hydrogen-bond acceptors (Lipinski definition) is 2. The van der Waals surface area contributed by atoms with E-state index in [-0.39, 0.29) is 5.41 Å². The van der Waals surface area contributed by atoms with Crippen LogP contribution < -0.4 is 0 Å². The fourth-order valence-corrected chi connectivity index (χ4v) is 3.36. The van der Waals surface area contributed by atoms with Gasteiger partial charge >= 0.3 is 0 Å². The molecule has 1 heterocycles. The number of carbonyl (C=O) groups excluding carboxylic acids is 1. The van der Waals surface area contributed by atoms with Gasteiger partial charge in [0.25, 0.3) is 0 Å². The van der Waals surface area contributed by atoms with Gasteiger partial charge in [0, 0.05) is 25.8 Å². The maximum absolute atomic E-state index is 11.6. The van der Waals surface area contributed by atoms with Crippen molar-refractivity contribution in [3.63, 3.8) is 0 Å². The first-order valence-corrected chi connectivity index (χ1v) is 7.57. The highest BCUT2D eigenvalue weighted by atomic mass is 16.1. The second-order valence-electron chi connectivity index (χ2n) is 6.37. The molecule has 0 aliphatic heterocycles. The molecule has 1 atom stereocenters. The summed E-state index contributed by atoms with van der Waals surface area (Å²) < 4.78 is 2.34. The van der Waals surface area contributed by atoms with Crippen molar-refractivity contribution in [2.24, 2.45) is 5.41 Å². The molecule has 1 saturated carbocycles. The van der Waals surface area contributed by atoms with Crippen LogP contribution in [0.4, 0.5) is 0 Å². The second kappa shape index (κ2) is 5.04. The molecule has 0 saturated heterocycles. The maximum atomic E-state index is 11.6. The summed E-state index contributed by atoms with van der Waals surface area (Å²) in [4.78, 5) is 16.4. The number of imidazole rings is 1. The molecular formula is C17H22N2O. The van der Waals surface area contributed by atoms with E-state index < -0.39 is 0 Å². The molecular weight excluding hydrogens is 248 g/mol. The van der Waals surface area contributed by atoms with Gasteiger partial charge in [-0.3, -0.25) is 4.79 Å². The first kappa shape index (κ1) is 13.3. The van der Waals surface area contributed by atoms with Gasteiger partial charge in [-0.2, -0.15) is 0 Å². The van der Waals surface area contributed by atoms with E-state index in [9.17, 15) is 4.79 Å². The van der Waals surface area contributed by atoms with Gasteiger partial charge in [0.05, 0.1) is 11.0 Å². The minimum absolute atomic E-state index is 0.101. The SMILES string of the molecule is CCCn1c(CC2(C)CCC(=O)C2)nc2ccccc21. The van der Waals surface area contributed by atoms with Crippen LogP contribution in [-0.4, -0.2) is 15.3 Å². The number of Topliss-reactive ketones (excluding diaryl/α,β-unsaturated/α-hetero) is 1. The molecule has 0 radical (unpaired) electrons. The van der Waals surface area contributed by atoms with E-state index in [0.717, 1.165) is 43.6 Å². The van der Waals surface area contributed by atoms with E-state index >= 15 is 0 Å².